The number of β-amino-alcohol motifs (C(OH)–C–C–N with tert-alkyl or cyclic N) is 1. The van der Waals surface area contributed by atoms with Crippen LogP contribution in [-0.2, 0) is 9.84 Å². The Morgan fingerprint density at radius 1 is 1.15 bits per heavy atom. The fourth-order valence-corrected chi connectivity index (χ4v) is 3.94. The third kappa shape index (κ3) is 4.30. The van der Waals surface area contributed by atoms with E-state index in [1.807, 2.05) is 6.92 Å². The average molecular weight is 297 g/mol. The monoisotopic (exact) mass is 297 g/mol. The minimum Gasteiger partial charge on any atom is -0.391 e. The van der Waals surface area contributed by atoms with Crippen molar-refractivity contribution < 1.29 is 13.5 Å². The summed E-state index contributed by atoms with van der Waals surface area (Å²) in [4.78, 5) is 2.44. The van der Waals surface area contributed by atoms with Crippen LogP contribution < -0.4 is 0 Å². The van der Waals surface area contributed by atoms with Crippen LogP contribution in [0.1, 0.15) is 24.8 Å². The van der Waals surface area contributed by atoms with Crippen LogP contribution in [-0.4, -0.2) is 49.9 Å². The predicted octanol–water partition coefficient (Wildman–Crippen LogP) is 1.62. The van der Waals surface area contributed by atoms with Crippen LogP contribution in [0.2, 0.25) is 0 Å². The molecule has 1 atom stereocenters. The van der Waals surface area contributed by atoms with Gasteiger partial charge in [0.25, 0.3) is 0 Å². The number of hydrogen-bond acceptors (Lipinski definition) is 4. The molecule has 0 unspecified atom stereocenters. The minimum absolute atomic E-state index is 0.202. The SMILES string of the molecule is Cc1ccc(S(=O)(=O)C[C@@H](O)CN2CCCCC2)cc1. The first-order valence-electron chi connectivity index (χ1n) is 7.17. The zero-order chi connectivity index (χ0) is 14.6. The van der Waals surface area contributed by atoms with Gasteiger partial charge in [-0.3, -0.25) is 0 Å². The van der Waals surface area contributed by atoms with Crippen molar-refractivity contribution in [1.82, 2.24) is 4.90 Å². The largest absolute Gasteiger partial charge is 0.391 e. The molecule has 112 valence electrons. The van der Waals surface area contributed by atoms with E-state index in [1.165, 1.54) is 6.42 Å². The van der Waals surface area contributed by atoms with Crippen molar-refractivity contribution in [1.29, 1.82) is 0 Å². The van der Waals surface area contributed by atoms with Gasteiger partial charge in [0.15, 0.2) is 9.84 Å². The lowest BCUT2D eigenvalue weighted by Gasteiger charge is -2.28. The van der Waals surface area contributed by atoms with Gasteiger partial charge in [0.05, 0.1) is 16.8 Å². The summed E-state index contributed by atoms with van der Waals surface area (Å²) in [7, 11) is -3.40. The molecule has 0 bridgehead atoms. The summed E-state index contributed by atoms with van der Waals surface area (Å²) in [5, 5.41) is 10.0. The second-order valence-corrected chi connectivity index (χ2v) is 7.64. The molecule has 1 aromatic carbocycles. The van der Waals surface area contributed by atoms with Crippen molar-refractivity contribution in [3.63, 3.8) is 0 Å². The lowest BCUT2D eigenvalue weighted by Crippen LogP contribution is -2.39. The van der Waals surface area contributed by atoms with E-state index >= 15 is 0 Å². The predicted molar refractivity (Wildman–Crippen MR) is 79.5 cm³/mol. The highest BCUT2D eigenvalue weighted by atomic mass is 32.2. The summed E-state index contributed by atoms with van der Waals surface area (Å²) in [6.07, 6.45) is 2.68. The van der Waals surface area contributed by atoms with Crippen molar-refractivity contribution >= 4 is 9.84 Å². The number of aryl methyl sites for hydroxylation is 1. The van der Waals surface area contributed by atoms with Gasteiger partial charge < -0.3 is 10.0 Å². The van der Waals surface area contributed by atoms with E-state index in [4.69, 9.17) is 0 Å². The molecule has 1 aromatic rings. The van der Waals surface area contributed by atoms with E-state index < -0.39 is 15.9 Å². The number of likely N-dealkylation sites (tertiary alicyclic amines) is 1. The van der Waals surface area contributed by atoms with Crippen LogP contribution in [0, 0.1) is 6.92 Å². The number of aliphatic hydroxyl groups is 1. The standard InChI is InChI=1S/C15H23NO3S/c1-13-5-7-15(8-6-13)20(18,19)12-14(17)11-16-9-3-2-4-10-16/h5-8,14,17H,2-4,9-12H2,1H3/t14-/m0/s1. The van der Waals surface area contributed by atoms with Crippen LogP contribution >= 0.6 is 0 Å². The maximum Gasteiger partial charge on any atom is 0.180 e. The van der Waals surface area contributed by atoms with Crippen LogP contribution in [0.5, 0.6) is 0 Å². The van der Waals surface area contributed by atoms with E-state index in [2.05, 4.69) is 4.90 Å². The summed E-state index contributed by atoms with van der Waals surface area (Å²) in [6, 6.07) is 6.78. The molecular formula is C15H23NO3S. The first kappa shape index (κ1) is 15.5. The maximum absolute atomic E-state index is 12.2. The highest BCUT2D eigenvalue weighted by Crippen LogP contribution is 2.15. The smallest absolute Gasteiger partial charge is 0.180 e. The van der Waals surface area contributed by atoms with Gasteiger partial charge in [0.2, 0.25) is 0 Å². The molecule has 0 aromatic heterocycles. The Kier molecular flexibility index (Phi) is 5.18. The van der Waals surface area contributed by atoms with Gasteiger partial charge in [0.1, 0.15) is 0 Å². The molecule has 0 amide bonds. The second kappa shape index (κ2) is 6.70. The van der Waals surface area contributed by atoms with Crippen molar-refractivity contribution in [3.8, 4) is 0 Å². The lowest BCUT2D eigenvalue weighted by atomic mass is 10.1. The van der Waals surface area contributed by atoms with E-state index in [1.54, 1.807) is 24.3 Å². The number of sulfone groups is 1. The van der Waals surface area contributed by atoms with E-state index in [9.17, 15) is 13.5 Å². The van der Waals surface area contributed by atoms with E-state index in [0.29, 0.717) is 11.4 Å². The quantitative estimate of drug-likeness (QED) is 0.897. The maximum atomic E-state index is 12.2. The first-order chi connectivity index (χ1) is 9.47. The molecule has 1 saturated heterocycles. The topological polar surface area (TPSA) is 57.6 Å². The highest BCUT2D eigenvalue weighted by Gasteiger charge is 2.22. The normalized spacial score (nSPS) is 18.9. The molecule has 1 N–H and O–H groups in total. The van der Waals surface area contributed by atoms with Crippen LogP contribution in [0.3, 0.4) is 0 Å². The minimum atomic E-state index is -3.40. The Morgan fingerprint density at radius 3 is 2.35 bits per heavy atom. The molecule has 5 heteroatoms. The van der Waals surface area contributed by atoms with Gasteiger partial charge in [-0.25, -0.2) is 8.42 Å². The van der Waals surface area contributed by atoms with Crippen LogP contribution in [0.4, 0.5) is 0 Å². The van der Waals surface area contributed by atoms with Crippen molar-refractivity contribution in [2.75, 3.05) is 25.4 Å². The molecule has 1 fully saturated rings. The molecule has 4 nitrogen and oxygen atoms in total. The molecule has 1 heterocycles. The fraction of sp³-hybridized carbons (Fsp3) is 0.600. The fourth-order valence-electron chi connectivity index (χ4n) is 2.59. The Bertz CT molecular complexity index is 519. The van der Waals surface area contributed by atoms with Gasteiger partial charge in [-0.1, -0.05) is 24.1 Å². The van der Waals surface area contributed by atoms with Gasteiger partial charge in [0, 0.05) is 6.54 Å². The van der Waals surface area contributed by atoms with Crippen molar-refractivity contribution in [2.45, 2.75) is 37.2 Å². The molecule has 0 saturated carbocycles. The van der Waals surface area contributed by atoms with Gasteiger partial charge in [-0.2, -0.15) is 0 Å². The zero-order valence-electron chi connectivity index (χ0n) is 12.0. The van der Waals surface area contributed by atoms with E-state index in [0.717, 1.165) is 31.5 Å². The summed E-state index contributed by atoms with van der Waals surface area (Å²) in [5.41, 5.74) is 1.03. The molecule has 20 heavy (non-hydrogen) atoms. The second-order valence-electron chi connectivity index (χ2n) is 5.61. The number of rotatable bonds is 5. The number of benzene rings is 1. The number of aliphatic hydroxyl groups excluding tert-OH is 1. The van der Waals surface area contributed by atoms with Gasteiger partial charge in [-0.15, -0.1) is 0 Å². The molecule has 0 spiro atoms. The number of piperidine rings is 1. The number of hydrogen-bond donors (Lipinski definition) is 1. The molecule has 1 aliphatic rings. The average Bonchev–Trinajstić information content (AvgIpc) is 2.39. The third-order valence-corrected chi connectivity index (χ3v) is 5.52. The Morgan fingerprint density at radius 2 is 1.75 bits per heavy atom. The summed E-state index contributed by atoms with van der Waals surface area (Å²) < 4.78 is 24.4. The van der Waals surface area contributed by atoms with Gasteiger partial charge >= 0.3 is 0 Å². The molecule has 0 radical (unpaired) electrons. The Hall–Kier alpha value is -0.910. The number of nitrogens with zero attached hydrogens (tertiary/aromatic N) is 1. The van der Waals surface area contributed by atoms with Crippen LogP contribution in [0.15, 0.2) is 29.2 Å². The van der Waals surface area contributed by atoms with E-state index in [-0.39, 0.29) is 5.75 Å². The third-order valence-electron chi connectivity index (χ3n) is 3.71. The molecular weight excluding hydrogens is 274 g/mol. The Balaban J connectivity index is 1.95. The van der Waals surface area contributed by atoms with Gasteiger partial charge in [-0.05, 0) is 45.0 Å². The molecule has 2 rings (SSSR count). The summed E-state index contributed by atoms with van der Waals surface area (Å²) in [6.45, 7) is 4.29. The van der Waals surface area contributed by atoms with Crippen LogP contribution in [0.25, 0.3) is 0 Å². The highest BCUT2D eigenvalue weighted by molar-refractivity contribution is 7.91. The Labute approximate surface area is 121 Å². The first-order valence-corrected chi connectivity index (χ1v) is 8.82. The molecule has 1 aliphatic heterocycles. The van der Waals surface area contributed by atoms with Crippen molar-refractivity contribution in [2.24, 2.45) is 0 Å². The zero-order valence-corrected chi connectivity index (χ0v) is 12.8. The lowest BCUT2D eigenvalue weighted by molar-refractivity contribution is 0.116. The summed E-state index contributed by atoms with van der Waals surface area (Å²) >= 11 is 0. The molecule has 0 aliphatic carbocycles. The van der Waals surface area contributed by atoms with Crippen molar-refractivity contribution in [3.05, 3.63) is 29.8 Å². The summed E-state index contributed by atoms with van der Waals surface area (Å²) in [5.74, 6) is -0.202.